The second-order valence-corrected chi connectivity index (χ2v) is 10.1. The summed E-state index contributed by atoms with van der Waals surface area (Å²) in [5, 5.41) is 15.0. The van der Waals surface area contributed by atoms with Gasteiger partial charge in [-0.1, -0.05) is 30.3 Å². The van der Waals surface area contributed by atoms with Gasteiger partial charge in [0, 0.05) is 26.1 Å². The highest BCUT2D eigenvalue weighted by Gasteiger charge is 2.42. The van der Waals surface area contributed by atoms with Crippen molar-refractivity contribution >= 4 is 35.9 Å². The van der Waals surface area contributed by atoms with E-state index in [4.69, 9.17) is 16.9 Å². The standard InChI is InChI=1S/C27H39N8O5/c28-20(9-4-12-31-27(29)30)25(39)35-14-6-11-22(35)26(40)34-13-5-10-21(34)24(38)32-16-23(37)33-19(17-36)15-18-7-2-1-3-8-18/h1-3,7-8,19-22H,4-6,9-16,28H2,(H,32,38)(H,33,37)(H4,29,30,31)/t19-,20-,21-,22-/m0/s1. The van der Waals surface area contributed by atoms with Crippen LogP contribution < -0.4 is 27.4 Å². The first-order chi connectivity index (χ1) is 19.2. The van der Waals surface area contributed by atoms with E-state index in [-0.39, 0.29) is 30.7 Å². The van der Waals surface area contributed by atoms with E-state index in [1.807, 2.05) is 36.6 Å². The molecule has 13 heteroatoms. The first kappa shape index (κ1) is 30.5. The molecule has 0 saturated carbocycles. The molecule has 0 aliphatic carbocycles. The van der Waals surface area contributed by atoms with Crippen molar-refractivity contribution in [2.45, 2.75) is 69.1 Å². The quantitative estimate of drug-likeness (QED) is 0.0959. The van der Waals surface area contributed by atoms with Crippen LogP contribution in [0.25, 0.3) is 0 Å². The minimum absolute atomic E-state index is 0.151. The van der Waals surface area contributed by atoms with Crippen LogP contribution in [0.5, 0.6) is 0 Å². The molecule has 1 aromatic carbocycles. The summed E-state index contributed by atoms with van der Waals surface area (Å²) in [5.41, 5.74) is 12.2. The van der Waals surface area contributed by atoms with Crippen LogP contribution in [-0.2, 0) is 30.4 Å². The average Bonchev–Trinajstić information content (AvgIpc) is 3.64. The van der Waals surface area contributed by atoms with Gasteiger partial charge in [0.1, 0.15) is 12.1 Å². The molecule has 40 heavy (non-hydrogen) atoms. The Morgan fingerprint density at radius 1 is 1.02 bits per heavy atom. The van der Waals surface area contributed by atoms with E-state index in [0.717, 1.165) is 5.56 Å². The van der Waals surface area contributed by atoms with Crippen LogP contribution in [-0.4, -0.2) is 96.0 Å². The van der Waals surface area contributed by atoms with E-state index in [0.29, 0.717) is 58.2 Å². The van der Waals surface area contributed by atoms with Gasteiger partial charge in [0.25, 0.3) is 0 Å². The number of amides is 4. The number of likely N-dealkylation sites (tertiary alicyclic amines) is 2. The highest BCUT2D eigenvalue weighted by Crippen LogP contribution is 2.25. The van der Waals surface area contributed by atoms with E-state index >= 15 is 0 Å². The molecule has 0 aromatic heterocycles. The number of hydrogen-bond donors (Lipinski definition) is 6. The van der Waals surface area contributed by atoms with Crippen LogP contribution in [0.2, 0.25) is 0 Å². The number of nitrogens with two attached hydrogens (primary N) is 2. The van der Waals surface area contributed by atoms with Gasteiger partial charge in [0.15, 0.2) is 5.96 Å². The van der Waals surface area contributed by atoms with E-state index in [9.17, 15) is 24.0 Å². The van der Waals surface area contributed by atoms with E-state index < -0.39 is 36.0 Å². The molecule has 4 amide bonds. The summed E-state index contributed by atoms with van der Waals surface area (Å²) in [6, 6.07) is 6.12. The first-order valence-corrected chi connectivity index (χ1v) is 13.6. The second-order valence-electron chi connectivity index (χ2n) is 10.1. The largest absolute Gasteiger partial charge is 0.370 e. The molecule has 13 nitrogen and oxygen atoms in total. The summed E-state index contributed by atoms with van der Waals surface area (Å²) in [6.45, 7) is 0.870. The van der Waals surface area contributed by atoms with Crippen LogP contribution in [0.15, 0.2) is 30.3 Å². The number of carbonyl (C=O) groups is 4. The number of carbonyl (C=O) groups excluding carboxylic acids is 5. The zero-order chi connectivity index (χ0) is 29.1. The summed E-state index contributed by atoms with van der Waals surface area (Å²) < 4.78 is 0. The van der Waals surface area contributed by atoms with Crippen molar-refractivity contribution in [3.05, 3.63) is 35.9 Å². The van der Waals surface area contributed by atoms with Crippen LogP contribution in [0.4, 0.5) is 0 Å². The highest BCUT2D eigenvalue weighted by atomic mass is 16.2. The van der Waals surface area contributed by atoms with Crippen molar-refractivity contribution in [2.75, 3.05) is 26.2 Å². The summed E-state index contributed by atoms with van der Waals surface area (Å²) in [5.74, 6) is -1.75. The predicted molar refractivity (Wildman–Crippen MR) is 147 cm³/mol. The third-order valence-corrected chi connectivity index (χ3v) is 7.17. The summed E-state index contributed by atoms with van der Waals surface area (Å²) >= 11 is 0. The molecule has 3 rings (SSSR count). The number of guanidine groups is 1. The zero-order valence-electron chi connectivity index (χ0n) is 22.6. The minimum atomic E-state index is -0.848. The Hall–Kier alpha value is -4.00. The SMILES string of the molecule is N=C(N)NCCC[C@H](N)C(=O)N1CCC[C@H]1C(=O)N1CCC[C@H]1C(=O)NCC(=O)N[C@H]([C]=O)Cc1ccccc1. The van der Waals surface area contributed by atoms with E-state index in [1.54, 1.807) is 0 Å². The normalized spacial score (nSPS) is 19.9. The van der Waals surface area contributed by atoms with Gasteiger partial charge in [-0.3, -0.25) is 29.4 Å². The number of nitrogens with zero attached hydrogens (tertiary/aromatic N) is 2. The Bertz CT molecular complexity index is 1070. The van der Waals surface area contributed by atoms with Crippen molar-refractivity contribution in [1.82, 2.24) is 25.8 Å². The van der Waals surface area contributed by atoms with Gasteiger partial charge in [0.05, 0.1) is 18.6 Å². The molecule has 0 bridgehead atoms. The Labute approximate surface area is 233 Å². The van der Waals surface area contributed by atoms with Gasteiger partial charge in [0.2, 0.25) is 29.9 Å². The fourth-order valence-electron chi connectivity index (χ4n) is 5.17. The molecule has 2 heterocycles. The molecule has 1 aromatic rings. The molecule has 2 aliphatic rings. The fraction of sp³-hybridized carbons (Fsp3) is 0.556. The molecular formula is C27H39N8O5. The Morgan fingerprint density at radius 2 is 1.70 bits per heavy atom. The summed E-state index contributed by atoms with van der Waals surface area (Å²) in [6.07, 6.45) is 5.22. The predicted octanol–water partition coefficient (Wildman–Crippen LogP) is -1.49. The smallest absolute Gasteiger partial charge is 0.246 e. The molecule has 8 N–H and O–H groups in total. The Kier molecular flexibility index (Phi) is 11.4. The molecule has 2 saturated heterocycles. The van der Waals surface area contributed by atoms with Gasteiger partial charge in [-0.25, -0.2) is 0 Å². The van der Waals surface area contributed by atoms with Crippen molar-refractivity contribution in [3.8, 4) is 0 Å². The lowest BCUT2D eigenvalue weighted by Crippen LogP contribution is -2.55. The fourth-order valence-corrected chi connectivity index (χ4v) is 5.17. The Morgan fingerprint density at radius 3 is 2.38 bits per heavy atom. The number of benzene rings is 1. The molecule has 4 atom stereocenters. The second kappa shape index (κ2) is 15.0. The van der Waals surface area contributed by atoms with Gasteiger partial charge < -0.3 is 37.2 Å². The maximum Gasteiger partial charge on any atom is 0.246 e. The first-order valence-electron chi connectivity index (χ1n) is 13.6. The van der Waals surface area contributed by atoms with E-state index in [1.165, 1.54) is 9.80 Å². The third-order valence-electron chi connectivity index (χ3n) is 7.17. The topological polar surface area (TPSA) is 204 Å². The monoisotopic (exact) mass is 555 g/mol. The number of nitrogens with one attached hydrogen (secondary N) is 4. The molecule has 2 aliphatic heterocycles. The molecule has 2 fully saturated rings. The maximum atomic E-state index is 13.5. The van der Waals surface area contributed by atoms with Gasteiger partial charge in [-0.2, -0.15) is 0 Å². The molecular weight excluding hydrogens is 516 g/mol. The lowest BCUT2D eigenvalue weighted by molar-refractivity contribution is -0.147. The van der Waals surface area contributed by atoms with Crippen molar-refractivity contribution in [1.29, 1.82) is 5.41 Å². The molecule has 0 unspecified atom stereocenters. The van der Waals surface area contributed by atoms with Crippen molar-refractivity contribution in [3.63, 3.8) is 0 Å². The van der Waals surface area contributed by atoms with Crippen LogP contribution in [0, 0.1) is 5.41 Å². The summed E-state index contributed by atoms with van der Waals surface area (Å²) in [4.78, 5) is 66.2. The Balaban J connectivity index is 1.50. The maximum absolute atomic E-state index is 13.5. The molecule has 0 spiro atoms. The average molecular weight is 556 g/mol. The van der Waals surface area contributed by atoms with Crippen molar-refractivity contribution < 1.29 is 24.0 Å². The van der Waals surface area contributed by atoms with Crippen LogP contribution >= 0.6 is 0 Å². The highest BCUT2D eigenvalue weighted by molar-refractivity contribution is 5.95. The van der Waals surface area contributed by atoms with Gasteiger partial charge >= 0.3 is 0 Å². The minimum Gasteiger partial charge on any atom is -0.370 e. The van der Waals surface area contributed by atoms with E-state index in [2.05, 4.69) is 16.0 Å². The lowest BCUT2D eigenvalue weighted by atomic mass is 10.1. The zero-order valence-corrected chi connectivity index (χ0v) is 22.6. The van der Waals surface area contributed by atoms with Crippen molar-refractivity contribution in [2.24, 2.45) is 11.5 Å². The number of rotatable bonds is 13. The van der Waals surface area contributed by atoms with Crippen LogP contribution in [0.1, 0.15) is 44.1 Å². The third kappa shape index (κ3) is 8.50. The van der Waals surface area contributed by atoms with Gasteiger partial charge in [-0.15, -0.1) is 0 Å². The lowest BCUT2D eigenvalue weighted by Gasteiger charge is -2.32. The number of hydrogen-bond acceptors (Lipinski definition) is 7. The molecule has 1 radical (unpaired) electrons. The summed E-state index contributed by atoms with van der Waals surface area (Å²) in [7, 11) is 0. The van der Waals surface area contributed by atoms with Gasteiger partial charge in [-0.05, 0) is 44.1 Å². The molecule has 217 valence electrons. The van der Waals surface area contributed by atoms with Crippen LogP contribution in [0.3, 0.4) is 0 Å².